The zero-order valence-corrected chi connectivity index (χ0v) is 6.68. The second-order valence-corrected chi connectivity index (χ2v) is 3.01. The van der Waals surface area contributed by atoms with Crippen LogP contribution in [-0.4, -0.2) is 5.11 Å². The van der Waals surface area contributed by atoms with Crippen LogP contribution in [0.1, 0.15) is 17.7 Å². The fraction of sp³-hybridized carbons (Fsp3) is 0.250. The number of hydrogen-bond donors (Lipinski definition) is 2. The van der Waals surface area contributed by atoms with E-state index in [1.165, 1.54) is 0 Å². The van der Waals surface area contributed by atoms with Crippen LogP contribution in [0.15, 0.2) is 24.3 Å². The van der Waals surface area contributed by atoms with E-state index < -0.39 is 0 Å². The molecular formula is C8H10OS. The summed E-state index contributed by atoms with van der Waals surface area (Å²) in [6.07, 6.45) is 0. The molecular weight excluding hydrogens is 144 g/mol. The SMILES string of the molecule is CC(S)c1ccccc1O. The molecule has 2 heteroatoms. The molecule has 0 aliphatic carbocycles. The number of aromatic hydroxyl groups is 1. The van der Waals surface area contributed by atoms with E-state index >= 15 is 0 Å². The average molecular weight is 154 g/mol. The predicted octanol–water partition coefficient (Wildman–Crippen LogP) is 2.38. The van der Waals surface area contributed by atoms with Crippen molar-refractivity contribution >= 4 is 12.6 Å². The van der Waals surface area contributed by atoms with Gasteiger partial charge in [-0.1, -0.05) is 18.2 Å². The fourth-order valence-electron chi connectivity index (χ4n) is 0.841. The summed E-state index contributed by atoms with van der Waals surface area (Å²) in [5, 5.41) is 9.33. The highest BCUT2D eigenvalue weighted by Crippen LogP contribution is 2.26. The molecule has 0 saturated carbocycles. The summed E-state index contributed by atoms with van der Waals surface area (Å²) in [6.45, 7) is 1.93. The summed E-state index contributed by atoms with van der Waals surface area (Å²) in [5.41, 5.74) is 0.880. The maximum Gasteiger partial charge on any atom is 0.119 e. The zero-order chi connectivity index (χ0) is 7.56. The van der Waals surface area contributed by atoms with Crippen molar-refractivity contribution in [1.29, 1.82) is 0 Å². The standard InChI is InChI=1S/C8H10OS/c1-6(10)7-4-2-3-5-8(7)9/h2-6,9-10H,1H3. The molecule has 0 amide bonds. The van der Waals surface area contributed by atoms with Gasteiger partial charge in [-0.3, -0.25) is 0 Å². The van der Waals surface area contributed by atoms with Crippen LogP contribution >= 0.6 is 12.6 Å². The van der Waals surface area contributed by atoms with E-state index in [1.807, 2.05) is 19.1 Å². The van der Waals surface area contributed by atoms with E-state index in [9.17, 15) is 5.11 Å². The first-order chi connectivity index (χ1) is 4.72. The van der Waals surface area contributed by atoms with Crippen LogP contribution < -0.4 is 0 Å². The summed E-state index contributed by atoms with van der Waals surface area (Å²) in [4.78, 5) is 0. The van der Waals surface area contributed by atoms with Gasteiger partial charge in [0.05, 0.1) is 0 Å². The van der Waals surface area contributed by atoms with E-state index in [1.54, 1.807) is 12.1 Å². The predicted molar refractivity (Wildman–Crippen MR) is 45.5 cm³/mol. The molecule has 1 unspecified atom stereocenters. The quantitative estimate of drug-likeness (QED) is 0.595. The Bertz CT molecular complexity index is 220. The Labute approximate surface area is 66.1 Å². The van der Waals surface area contributed by atoms with Crippen molar-refractivity contribution in [3.63, 3.8) is 0 Å². The molecule has 1 atom stereocenters. The summed E-state index contributed by atoms with van der Waals surface area (Å²) in [6, 6.07) is 7.23. The van der Waals surface area contributed by atoms with Gasteiger partial charge < -0.3 is 5.11 Å². The Morgan fingerprint density at radius 1 is 1.40 bits per heavy atom. The molecule has 0 fully saturated rings. The van der Waals surface area contributed by atoms with Crippen molar-refractivity contribution in [3.8, 4) is 5.75 Å². The van der Waals surface area contributed by atoms with Crippen molar-refractivity contribution in [2.45, 2.75) is 12.2 Å². The van der Waals surface area contributed by atoms with E-state index in [-0.39, 0.29) is 5.25 Å². The molecule has 0 radical (unpaired) electrons. The second kappa shape index (κ2) is 2.97. The van der Waals surface area contributed by atoms with Crippen molar-refractivity contribution < 1.29 is 5.11 Å². The van der Waals surface area contributed by atoms with Gasteiger partial charge >= 0.3 is 0 Å². The van der Waals surface area contributed by atoms with Crippen LogP contribution in [-0.2, 0) is 0 Å². The molecule has 0 heterocycles. The minimum atomic E-state index is 0.0983. The highest BCUT2D eigenvalue weighted by Gasteiger charge is 2.02. The van der Waals surface area contributed by atoms with Crippen LogP contribution in [0.2, 0.25) is 0 Å². The van der Waals surface area contributed by atoms with Crippen LogP contribution in [0.5, 0.6) is 5.75 Å². The first-order valence-electron chi connectivity index (χ1n) is 3.18. The molecule has 0 spiro atoms. The van der Waals surface area contributed by atoms with Gasteiger partial charge in [0.2, 0.25) is 0 Å². The molecule has 0 saturated heterocycles. The molecule has 0 aliphatic rings. The normalized spacial score (nSPS) is 13.0. The lowest BCUT2D eigenvalue weighted by atomic mass is 10.1. The van der Waals surface area contributed by atoms with Crippen molar-refractivity contribution in [1.82, 2.24) is 0 Å². The third kappa shape index (κ3) is 1.45. The molecule has 10 heavy (non-hydrogen) atoms. The van der Waals surface area contributed by atoms with Gasteiger partial charge in [0.1, 0.15) is 5.75 Å². The lowest BCUT2D eigenvalue weighted by Crippen LogP contribution is -1.83. The molecule has 1 aromatic carbocycles. The monoisotopic (exact) mass is 154 g/mol. The van der Waals surface area contributed by atoms with E-state index in [0.717, 1.165) is 5.56 Å². The van der Waals surface area contributed by atoms with Crippen molar-refractivity contribution in [2.75, 3.05) is 0 Å². The molecule has 1 rings (SSSR count). The largest absolute Gasteiger partial charge is 0.508 e. The number of hydrogen-bond acceptors (Lipinski definition) is 2. The highest BCUT2D eigenvalue weighted by molar-refractivity contribution is 7.80. The van der Waals surface area contributed by atoms with Gasteiger partial charge in [-0.05, 0) is 13.0 Å². The molecule has 54 valence electrons. The number of phenolic OH excluding ortho intramolecular Hbond substituents is 1. The summed E-state index contributed by atoms with van der Waals surface area (Å²) in [7, 11) is 0. The number of thiol groups is 1. The Hall–Kier alpha value is -0.630. The molecule has 0 aromatic heterocycles. The Morgan fingerprint density at radius 3 is 2.40 bits per heavy atom. The Morgan fingerprint density at radius 2 is 2.00 bits per heavy atom. The lowest BCUT2D eigenvalue weighted by molar-refractivity contribution is 0.468. The number of para-hydroxylation sites is 1. The smallest absolute Gasteiger partial charge is 0.119 e. The van der Waals surface area contributed by atoms with Crippen LogP contribution in [0.25, 0.3) is 0 Å². The maximum absolute atomic E-state index is 9.23. The number of phenols is 1. The van der Waals surface area contributed by atoms with E-state index in [4.69, 9.17) is 0 Å². The van der Waals surface area contributed by atoms with E-state index in [0.29, 0.717) is 5.75 Å². The van der Waals surface area contributed by atoms with Crippen molar-refractivity contribution in [2.24, 2.45) is 0 Å². The Kier molecular flexibility index (Phi) is 2.22. The fourth-order valence-corrected chi connectivity index (χ4v) is 1.06. The number of rotatable bonds is 1. The third-order valence-corrected chi connectivity index (χ3v) is 1.67. The van der Waals surface area contributed by atoms with E-state index in [2.05, 4.69) is 12.6 Å². The van der Waals surface area contributed by atoms with Crippen LogP contribution in [0, 0.1) is 0 Å². The zero-order valence-electron chi connectivity index (χ0n) is 5.78. The topological polar surface area (TPSA) is 20.2 Å². The third-order valence-electron chi connectivity index (χ3n) is 1.39. The van der Waals surface area contributed by atoms with Crippen LogP contribution in [0.3, 0.4) is 0 Å². The minimum Gasteiger partial charge on any atom is -0.508 e. The molecule has 1 aromatic rings. The molecule has 0 aliphatic heterocycles. The van der Waals surface area contributed by atoms with Gasteiger partial charge in [-0.15, -0.1) is 0 Å². The second-order valence-electron chi connectivity index (χ2n) is 2.23. The van der Waals surface area contributed by atoms with Crippen molar-refractivity contribution in [3.05, 3.63) is 29.8 Å². The average Bonchev–Trinajstić information content (AvgIpc) is 1.88. The molecule has 0 bridgehead atoms. The summed E-state index contributed by atoms with van der Waals surface area (Å²) in [5.74, 6) is 0.324. The molecule has 1 N–H and O–H groups in total. The maximum atomic E-state index is 9.23. The minimum absolute atomic E-state index is 0.0983. The number of benzene rings is 1. The highest BCUT2D eigenvalue weighted by atomic mass is 32.1. The van der Waals surface area contributed by atoms with Crippen LogP contribution in [0.4, 0.5) is 0 Å². The summed E-state index contributed by atoms with van der Waals surface area (Å²) >= 11 is 4.20. The van der Waals surface area contributed by atoms with Gasteiger partial charge in [-0.2, -0.15) is 12.6 Å². The van der Waals surface area contributed by atoms with Gasteiger partial charge in [-0.25, -0.2) is 0 Å². The van der Waals surface area contributed by atoms with Gasteiger partial charge in [0.15, 0.2) is 0 Å². The summed E-state index contributed by atoms with van der Waals surface area (Å²) < 4.78 is 0. The first-order valence-corrected chi connectivity index (χ1v) is 3.69. The lowest BCUT2D eigenvalue weighted by Gasteiger charge is -2.05. The molecule has 1 nitrogen and oxygen atoms in total. The Balaban J connectivity index is 3.03. The van der Waals surface area contributed by atoms with Gasteiger partial charge in [0.25, 0.3) is 0 Å². The first kappa shape index (κ1) is 7.48. The van der Waals surface area contributed by atoms with Gasteiger partial charge in [0, 0.05) is 10.8 Å².